The van der Waals surface area contributed by atoms with Crippen LogP contribution in [-0.2, 0) is 9.47 Å². The van der Waals surface area contributed by atoms with Crippen molar-refractivity contribution < 1.29 is 14.3 Å². The maximum Gasteiger partial charge on any atom is 0.194 e. The molecule has 0 radical (unpaired) electrons. The second kappa shape index (κ2) is 6.86. The van der Waals surface area contributed by atoms with E-state index >= 15 is 0 Å². The summed E-state index contributed by atoms with van der Waals surface area (Å²) in [4.78, 5) is 12.4. The van der Waals surface area contributed by atoms with Gasteiger partial charge in [-0.1, -0.05) is 54.6 Å². The Hall–Kier alpha value is -1.97. The molecule has 1 atom stereocenters. The molecule has 0 spiro atoms. The average molecular weight is 298 g/mol. The van der Waals surface area contributed by atoms with E-state index in [1.807, 2.05) is 54.6 Å². The fraction of sp³-hybridized carbons (Fsp3) is 0.316. The van der Waals surface area contributed by atoms with Gasteiger partial charge >= 0.3 is 0 Å². The van der Waals surface area contributed by atoms with Gasteiger partial charge in [0.1, 0.15) is 11.7 Å². The Balaban J connectivity index is 2.26. The first-order valence-corrected chi connectivity index (χ1v) is 7.27. The number of ether oxygens (including phenoxy) is 2. The van der Waals surface area contributed by atoms with E-state index in [9.17, 15) is 4.79 Å². The van der Waals surface area contributed by atoms with Crippen LogP contribution < -0.4 is 0 Å². The van der Waals surface area contributed by atoms with Crippen LogP contribution in [0, 0.1) is 0 Å². The van der Waals surface area contributed by atoms with Gasteiger partial charge in [-0.05, 0) is 25.0 Å². The molecule has 22 heavy (non-hydrogen) atoms. The second-order valence-electron chi connectivity index (χ2n) is 5.69. The van der Waals surface area contributed by atoms with Crippen LogP contribution in [0.1, 0.15) is 41.4 Å². The Morgan fingerprint density at radius 3 is 1.95 bits per heavy atom. The molecule has 0 fully saturated rings. The fourth-order valence-corrected chi connectivity index (χ4v) is 2.34. The first-order chi connectivity index (χ1) is 10.5. The summed E-state index contributed by atoms with van der Waals surface area (Å²) in [5.41, 5.74) is 1.92. The van der Waals surface area contributed by atoms with Crippen LogP contribution >= 0.6 is 0 Å². The van der Waals surface area contributed by atoms with E-state index in [1.54, 1.807) is 28.1 Å². The molecule has 0 N–H and O–H groups in total. The minimum absolute atomic E-state index is 0.0322. The largest absolute Gasteiger partial charge is 0.372 e. The van der Waals surface area contributed by atoms with E-state index < -0.39 is 5.60 Å². The van der Waals surface area contributed by atoms with Crippen LogP contribution in [0.15, 0.2) is 54.6 Å². The maximum absolute atomic E-state index is 12.4. The zero-order valence-electron chi connectivity index (χ0n) is 13.5. The Labute approximate surface area is 131 Å². The Bertz CT molecular complexity index is 615. The molecule has 0 aromatic heterocycles. The highest BCUT2D eigenvalue weighted by Crippen LogP contribution is 2.26. The first-order valence-electron chi connectivity index (χ1n) is 7.27. The van der Waals surface area contributed by atoms with Crippen molar-refractivity contribution in [2.75, 3.05) is 14.2 Å². The summed E-state index contributed by atoms with van der Waals surface area (Å²) in [6, 6.07) is 17.5. The summed E-state index contributed by atoms with van der Waals surface area (Å²) < 4.78 is 10.8. The standard InChI is InChI=1S/C19H22O3/c1-19(2,22-4)18(20)16-12-10-15(11-13-16)17(21-3)14-8-6-5-7-9-14/h5-13,17H,1-4H3. The molecular weight excluding hydrogens is 276 g/mol. The molecule has 1 unspecified atom stereocenters. The molecule has 0 amide bonds. The number of rotatable bonds is 6. The summed E-state index contributed by atoms with van der Waals surface area (Å²) in [5.74, 6) is -0.0322. The summed E-state index contributed by atoms with van der Waals surface area (Å²) in [6.45, 7) is 3.54. The minimum Gasteiger partial charge on any atom is -0.372 e. The molecule has 0 aliphatic rings. The number of ketones is 1. The topological polar surface area (TPSA) is 35.5 Å². The molecular formula is C19H22O3. The molecule has 0 aliphatic heterocycles. The molecule has 2 aromatic rings. The van der Waals surface area contributed by atoms with Crippen molar-refractivity contribution in [1.82, 2.24) is 0 Å². The third-order valence-corrected chi connectivity index (χ3v) is 3.87. The lowest BCUT2D eigenvalue weighted by atomic mass is 9.94. The van der Waals surface area contributed by atoms with Gasteiger partial charge in [-0.3, -0.25) is 4.79 Å². The van der Waals surface area contributed by atoms with E-state index in [0.29, 0.717) is 5.56 Å². The van der Waals surface area contributed by atoms with Gasteiger partial charge in [0.2, 0.25) is 0 Å². The van der Waals surface area contributed by atoms with Gasteiger partial charge in [0.05, 0.1) is 0 Å². The van der Waals surface area contributed by atoms with E-state index in [0.717, 1.165) is 11.1 Å². The molecule has 0 heterocycles. The second-order valence-corrected chi connectivity index (χ2v) is 5.69. The lowest BCUT2D eigenvalue weighted by Crippen LogP contribution is -2.33. The third kappa shape index (κ3) is 3.43. The van der Waals surface area contributed by atoms with Crippen LogP contribution in [0.25, 0.3) is 0 Å². The number of methoxy groups -OCH3 is 2. The number of Topliss-reactive ketones (excluding diaryl/α,β-unsaturated/α-hetero) is 1. The van der Waals surface area contributed by atoms with E-state index in [2.05, 4.69) is 0 Å². The number of hydrogen-bond acceptors (Lipinski definition) is 3. The van der Waals surface area contributed by atoms with Gasteiger partial charge in [-0.15, -0.1) is 0 Å². The highest BCUT2D eigenvalue weighted by Gasteiger charge is 2.28. The predicted molar refractivity (Wildman–Crippen MR) is 87.2 cm³/mol. The van der Waals surface area contributed by atoms with Crippen LogP contribution in [0.4, 0.5) is 0 Å². The molecule has 2 rings (SSSR count). The number of carbonyl (C=O) groups is 1. The number of benzene rings is 2. The van der Waals surface area contributed by atoms with Crippen LogP contribution in [0.5, 0.6) is 0 Å². The molecule has 0 saturated carbocycles. The van der Waals surface area contributed by atoms with Crippen molar-refractivity contribution >= 4 is 5.78 Å². The zero-order valence-corrected chi connectivity index (χ0v) is 13.5. The molecule has 3 nitrogen and oxygen atoms in total. The Morgan fingerprint density at radius 1 is 0.909 bits per heavy atom. The Kier molecular flexibility index (Phi) is 5.11. The van der Waals surface area contributed by atoms with E-state index in [-0.39, 0.29) is 11.9 Å². The van der Waals surface area contributed by atoms with Crippen molar-refractivity contribution in [2.24, 2.45) is 0 Å². The summed E-state index contributed by atoms with van der Waals surface area (Å²) >= 11 is 0. The van der Waals surface area contributed by atoms with Crippen LogP contribution in [0.2, 0.25) is 0 Å². The maximum atomic E-state index is 12.4. The SMILES string of the molecule is COC(c1ccccc1)c1ccc(C(=O)C(C)(C)OC)cc1. The van der Waals surface area contributed by atoms with Crippen LogP contribution in [0.3, 0.4) is 0 Å². The average Bonchev–Trinajstić information content (AvgIpc) is 2.56. The highest BCUT2D eigenvalue weighted by atomic mass is 16.5. The van der Waals surface area contributed by atoms with E-state index in [1.165, 1.54) is 0 Å². The Morgan fingerprint density at radius 2 is 1.45 bits per heavy atom. The molecule has 0 bridgehead atoms. The lowest BCUT2D eigenvalue weighted by molar-refractivity contribution is 0.0228. The molecule has 3 heteroatoms. The molecule has 2 aromatic carbocycles. The van der Waals surface area contributed by atoms with Crippen molar-refractivity contribution in [3.05, 3.63) is 71.3 Å². The highest BCUT2D eigenvalue weighted by molar-refractivity contribution is 6.01. The quantitative estimate of drug-likeness (QED) is 0.755. The number of hydrogen-bond donors (Lipinski definition) is 0. The van der Waals surface area contributed by atoms with Gasteiger partial charge < -0.3 is 9.47 Å². The van der Waals surface area contributed by atoms with Gasteiger partial charge in [0, 0.05) is 19.8 Å². The predicted octanol–water partition coefficient (Wildman–Crippen LogP) is 4.03. The fourth-order valence-electron chi connectivity index (χ4n) is 2.34. The molecule has 116 valence electrons. The third-order valence-electron chi connectivity index (χ3n) is 3.87. The van der Waals surface area contributed by atoms with Crippen molar-refractivity contribution in [1.29, 1.82) is 0 Å². The van der Waals surface area contributed by atoms with Gasteiger partial charge in [-0.25, -0.2) is 0 Å². The summed E-state index contributed by atoms with van der Waals surface area (Å²) in [6.07, 6.45) is -0.138. The van der Waals surface area contributed by atoms with Crippen molar-refractivity contribution in [3.8, 4) is 0 Å². The smallest absolute Gasteiger partial charge is 0.194 e. The molecule has 0 aliphatic carbocycles. The summed E-state index contributed by atoms with van der Waals surface area (Å²) in [7, 11) is 3.23. The monoisotopic (exact) mass is 298 g/mol. The minimum atomic E-state index is -0.818. The van der Waals surface area contributed by atoms with Gasteiger partial charge in [0.25, 0.3) is 0 Å². The first kappa shape index (κ1) is 16.4. The van der Waals surface area contributed by atoms with Crippen molar-refractivity contribution in [2.45, 2.75) is 25.6 Å². The lowest BCUT2D eigenvalue weighted by Gasteiger charge is -2.22. The molecule has 0 saturated heterocycles. The van der Waals surface area contributed by atoms with E-state index in [4.69, 9.17) is 9.47 Å². The summed E-state index contributed by atoms with van der Waals surface area (Å²) in [5, 5.41) is 0. The van der Waals surface area contributed by atoms with Gasteiger partial charge in [0.15, 0.2) is 5.78 Å². The van der Waals surface area contributed by atoms with Crippen molar-refractivity contribution in [3.63, 3.8) is 0 Å². The number of carbonyl (C=O) groups excluding carboxylic acids is 1. The zero-order chi connectivity index (χ0) is 16.2. The normalized spacial score (nSPS) is 12.9. The van der Waals surface area contributed by atoms with Crippen LogP contribution in [-0.4, -0.2) is 25.6 Å². The van der Waals surface area contributed by atoms with Gasteiger partial charge in [-0.2, -0.15) is 0 Å².